The molecule has 0 spiro atoms. The summed E-state index contributed by atoms with van der Waals surface area (Å²) in [6, 6.07) is 22.3. The summed E-state index contributed by atoms with van der Waals surface area (Å²) in [5, 5.41) is 2.50. The van der Waals surface area contributed by atoms with Crippen LogP contribution in [-0.2, 0) is 10.7 Å². The molecular formula is C22H19F2NO2. The zero-order chi connectivity index (χ0) is 19.3. The zero-order valence-electron chi connectivity index (χ0n) is 14.7. The quantitative estimate of drug-likeness (QED) is 0.686. The Bertz CT molecular complexity index is 881. The maximum absolute atomic E-state index is 14.6. The first kappa shape index (κ1) is 18.6. The van der Waals surface area contributed by atoms with Crippen molar-refractivity contribution in [3.63, 3.8) is 0 Å². The Morgan fingerprint density at radius 2 is 1.37 bits per heavy atom. The molecule has 0 saturated heterocycles. The Hall–Kier alpha value is -3.21. The minimum absolute atomic E-state index is 0.343. The highest BCUT2D eigenvalue weighted by Crippen LogP contribution is 2.31. The van der Waals surface area contributed by atoms with E-state index in [0.717, 1.165) is 0 Å². The molecule has 0 aliphatic heterocycles. The third-order valence-corrected chi connectivity index (χ3v) is 4.28. The first-order valence-corrected chi connectivity index (χ1v) is 8.45. The number of rotatable bonds is 6. The number of nitrogens with one attached hydrogen (secondary N) is 1. The van der Waals surface area contributed by atoms with Gasteiger partial charge in [-0.2, -0.15) is 8.78 Å². The topological polar surface area (TPSA) is 38.3 Å². The molecule has 3 aromatic rings. The lowest BCUT2D eigenvalue weighted by atomic mass is 9.97. The van der Waals surface area contributed by atoms with Crippen LogP contribution >= 0.6 is 0 Å². The summed E-state index contributed by atoms with van der Waals surface area (Å²) >= 11 is 0. The normalized spacial score (nSPS) is 12.3. The predicted molar refractivity (Wildman–Crippen MR) is 99.8 cm³/mol. The minimum atomic E-state index is -3.64. The van der Waals surface area contributed by atoms with Gasteiger partial charge in [0.05, 0.1) is 13.2 Å². The summed E-state index contributed by atoms with van der Waals surface area (Å²) < 4.78 is 34.4. The van der Waals surface area contributed by atoms with Crippen LogP contribution in [0.2, 0.25) is 0 Å². The Labute approximate surface area is 156 Å². The molecule has 5 heteroatoms. The summed E-state index contributed by atoms with van der Waals surface area (Å²) in [5.74, 6) is -4.34. The second-order valence-corrected chi connectivity index (χ2v) is 6.03. The molecule has 3 nitrogen and oxygen atoms in total. The largest absolute Gasteiger partial charge is 0.497 e. The lowest BCUT2D eigenvalue weighted by Crippen LogP contribution is -2.40. The molecule has 0 bridgehead atoms. The molecule has 0 aliphatic rings. The molecule has 3 aromatic carbocycles. The molecule has 0 saturated carbocycles. The van der Waals surface area contributed by atoms with Crippen molar-refractivity contribution in [2.45, 2.75) is 12.0 Å². The standard InChI is InChI=1S/C22H19F2NO2/c1-27-19-14-12-17(13-15-19)20(16-8-4-2-5-9-16)25-21(26)22(23,24)18-10-6-3-7-11-18/h2-15,20H,1H3,(H,25,26)/t20-/m0/s1. The van der Waals surface area contributed by atoms with Gasteiger partial charge in [-0.3, -0.25) is 4.79 Å². The average molecular weight is 367 g/mol. The number of ether oxygens (including phenoxy) is 1. The van der Waals surface area contributed by atoms with E-state index in [9.17, 15) is 13.6 Å². The Morgan fingerprint density at radius 3 is 1.93 bits per heavy atom. The van der Waals surface area contributed by atoms with Crippen LogP contribution in [0.15, 0.2) is 84.9 Å². The summed E-state index contributed by atoms with van der Waals surface area (Å²) in [7, 11) is 1.55. The van der Waals surface area contributed by atoms with Gasteiger partial charge in [-0.15, -0.1) is 0 Å². The van der Waals surface area contributed by atoms with Crippen LogP contribution in [0.25, 0.3) is 0 Å². The van der Waals surface area contributed by atoms with Crippen LogP contribution in [-0.4, -0.2) is 13.0 Å². The zero-order valence-corrected chi connectivity index (χ0v) is 14.7. The molecule has 0 aliphatic carbocycles. The second-order valence-electron chi connectivity index (χ2n) is 6.03. The molecule has 138 valence electrons. The van der Waals surface area contributed by atoms with Gasteiger partial charge in [0, 0.05) is 5.56 Å². The second kappa shape index (κ2) is 7.99. The van der Waals surface area contributed by atoms with Gasteiger partial charge in [-0.1, -0.05) is 72.8 Å². The number of halogens is 2. The van der Waals surface area contributed by atoms with Crippen LogP contribution in [0.4, 0.5) is 8.78 Å². The Balaban J connectivity index is 1.92. The van der Waals surface area contributed by atoms with Gasteiger partial charge in [-0.25, -0.2) is 0 Å². The SMILES string of the molecule is COc1ccc([C@@H](NC(=O)C(F)(F)c2ccccc2)c2ccccc2)cc1. The van der Waals surface area contributed by atoms with Crippen molar-refractivity contribution in [3.8, 4) is 5.75 Å². The molecular weight excluding hydrogens is 348 g/mol. The van der Waals surface area contributed by atoms with Crippen LogP contribution in [0, 0.1) is 0 Å². The minimum Gasteiger partial charge on any atom is -0.497 e. The summed E-state index contributed by atoms with van der Waals surface area (Å²) in [5.41, 5.74) is 1.04. The van der Waals surface area contributed by atoms with Gasteiger partial charge in [0.15, 0.2) is 0 Å². The highest BCUT2D eigenvalue weighted by Gasteiger charge is 2.41. The van der Waals surface area contributed by atoms with Crippen molar-refractivity contribution in [3.05, 3.63) is 102 Å². The number of carbonyl (C=O) groups excluding carboxylic acids is 1. The Kier molecular flexibility index (Phi) is 5.50. The number of alkyl halides is 2. The maximum atomic E-state index is 14.6. The molecule has 27 heavy (non-hydrogen) atoms. The third kappa shape index (κ3) is 4.14. The van der Waals surface area contributed by atoms with E-state index in [-0.39, 0.29) is 5.56 Å². The number of hydrogen-bond donors (Lipinski definition) is 1. The van der Waals surface area contributed by atoms with Crippen LogP contribution in [0.3, 0.4) is 0 Å². The first-order chi connectivity index (χ1) is 13.0. The lowest BCUT2D eigenvalue weighted by molar-refractivity contribution is -0.147. The smallest absolute Gasteiger partial charge is 0.349 e. The van der Waals surface area contributed by atoms with E-state index in [4.69, 9.17) is 4.74 Å². The van der Waals surface area contributed by atoms with Crippen molar-refractivity contribution in [1.29, 1.82) is 0 Å². The van der Waals surface area contributed by atoms with Crippen LogP contribution in [0.1, 0.15) is 22.7 Å². The number of hydrogen-bond acceptors (Lipinski definition) is 2. The first-order valence-electron chi connectivity index (χ1n) is 8.45. The van der Waals surface area contributed by atoms with E-state index in [1.165, 1.54) is 24.3 Å². The highest BCUT2D eigenvalue weighted by molar-refractivity contribution is 5.85. The summed E-state index contributed by atoms with van der Waals surface area (Å²) in [6.45, 7) is 0. The monoisotopic (exact) mass is 367 g/mol. The lowest BCUT2D eigenvalue weighted by Gasteiger charge is -2.23. The molecule has 3 rings (SSSR count). The van der Waals surface area contributed by atoms with Gasteiger partial charge in [-0.05, 0) is 23.3 Å². The molecule has 0 fully saturated rings. The van der Waals surface area contributed by atoms with Crippen molar-refractivity contribution in [2.24, 2.45) is 0 Å². The van der Waals surface area contributed by atoms with Gasteiger partial charge in [0.2, 0.25) is 0 Å². The van der Waals surface area contributed by atoms with E-state index in [0.29, 0.717) is 16.9 Å². The van der Waals surface area contributed by atoms with E-state index in [2.05, 4.69) is 5.32 Å². The molecule has 0 aromatic heterocycles. The van der Waals surface area contributed by atoms with Crippen molar-refractivity contribution >= 4 is 5.91 Å². The molecule has 1 atom stereocenters. The fraction of sp³-hybridized carbons (Fsp3) is 0.136. The number of carbonyl (C=O) groups is 1. The fourth-order valence-corrected chi connectivity index (χ4v) is 2.80. The van der Waals surface area contributed by atoms with Gasteiger partial charge < -0.3 is 10.1 Å². The van der Waals surface area contributed by atoms with Gasteiger partial charge in [0.25, 0.3) is 5.91 Å². The van der Waals surface area contributed by atoms with Gasteiger partial charge in [0.1, 0.15) is 5.75 Å². The van der Waals surface area contributed by atoms with E-state index < -0.39 is 17.9 Å². The van der Waals surface area contributed by atoms with E-state index in [1.54, 1.807) is 61.7 Å². The van der Waals surface area contributed by atoms with Crippen molar-refractivity contribution < 1.29 is 18.3 Å². The maximum Gasteiger partial charge on any atom is 0.349 e. The number of benzene rings is 3. The van der Waals surface area contributed by atoms with Crippen molar-refractivity contribution in [2.75, 3.05) is 7.11 Å². The molecule has 1 amide bonds. The molecule has 0 heterocycles. The predicted octanol–water partition coefficient (Wildman–Crippen LogP) is 4.69. The Morgan fingerprint density at radius 1 is 0.852 bits per heavy atom. The average Bonchev–Trinajstić information content (AvgIpc) is 2.73. The number of amides is 1. The summed E-state index contributed by atoms with van der Waals surface area (Å²) in [6.07, 6.45) is 0. The highest BCUT2D eigenvalue weighted by atomic mass is 19.3. The van der Waals surface area contributed by atoms with Crippen LogP contribution in [0.5, 0.6) is 5.75 Å². The molecule has 0 radical (unpaired) electrons. The third-order valence-electron chi connectivity index (χ3n) is 4.28. The van der Waals surface area contributed by atoms with Gasteiger partial charge >= 0.3 is 5.92 Å². The fourth-order valence-electron chi connectivity index (χ4n) is 2.80. The summed E-state index contributed by atoms with van der Waals surface area (Å²) in [4.78, 5) is 12.5. The molecule has 0 unspecified atom stereocenters. The van der Waals surface area contributed by atoms with Crippen molar-refractivity contribution in [1.82, 2.24) is 5.32 Å². The molecule has 1 N–H and O–H groups in total. The van der Waals surface area contributed by atoms with E-state index >= 15 is 0 Å². The van der Waals surface area contributed by atoms with E-state index in [1.807, 2.05) is 6.07 Å². The van der Waals surface area contributed by atoms with Crippen LogP contribution < -0.4 is 10.1 Å². The number of methoxy groups -OCH3 is 1.